The Labute approximate surface area is 112 Å². The third-order valence-corrected chi connectivity index (χ3v) is 3.31. The molecule has 0 aliphatic carbocycles. The molecule has 2 rings (SSSR count). The number of ether oxygens (including phenoxy) is 1. The molecule has 0 aliphatic rings. The monoisotopic (exact) mass is 262 g/mol. The molecule has 0 radical (unpaired) electrons. The van der Waals surface area contributed by atoms with Gasteiger partial charge < -0.3 is 10.5 Å². The lowest BCUT2D eigenvalue weighted by Crippen LogP contribution is -2.34. The zero-order valence-electron chi connectivity index (χ0n) is 10.4. The molecule has 1 aromatic heterocycles. The van der Waals surface area contributed by atoms with Crippen molar-refractivity contribution in [1.82, 2.24) is 4.98 Å². The molecule has 18 heavy (non-hydrogen) atoms. The Morgan fingerprint density at radius 2 is 2.00 bits per heavy atom. The van der Waals surface area contributed by atoms with Gasteiger partial charge in [-0.1, -0.05) is 29.8 Å². The average Bonchev–Trinajstić information content (AvgIpc) is 2.39. The van der Waals surface area contributed by atoms with Gasteiger partial charge in [0.1, 0.15) is 5.75 Å². The number of rotatable bonds is 3. The van der Waals surface area contributed by atoms with Crippen LogP contribution in [0.2, 0.25) is 5.02 Å². The van der Waals surface area contributed by atoms with Crippen LogP contribution in [0.4, 0.5) is 0 Å². The van der Waals surface area contributed by atoms with Crippen molar-refractivity contribution in [1.29, 1.82) is 0 Å². The van der Waals surface area contributed by atoms with Crippen LogP contribution in [0.15, 0.2) is 42.7 Å². The molecule has 1 aromatic carbocycles. The summed E-state index contributed by atoms with van der Waals surface area (Å²) >= 11 is 6.20. The lowest BCUT2D eigenvalue weighted by molar-refractivity contribution is 0.410. The van der Waals surface area contributed by atoms with Crippen molar-refractivity contribution in [2.45, 2.75) is 12.5 Å². The van der Waals surface area contributed by atoms with Crippen molar-refractivity contribution >= 4 is 11.6 Å². The normalized spacial score (nSPS) is 14.0. The van der Waals surface area contributed by atoms with Crippen LogP contribution in [0, 0.1) is 0 Å². The molecule has 94 valence electrons. The first kappa shape index (κ1) is 12.9. The van der Waals surface area contributed by atoms with E-state index in [4.69, 9.17) is 22.1 Å². The van der Waals surface area contributed by atoms with Gasteiger partial charge in [-0.2, -0.15) is 0 Å². The van der Waals surface area contributed by atoms with E-state index in [-0.39, 0.29) is 0 Å². The summed E-state index contributed by atoms with van der Waals surface area (Å²) < 4.78 is 5.17. The average molecular weight is 263 g/mol. The van der Waals surface area contributed by atoms with E-state index in [9.17, 15) is 0 Å². The number of hydrogen-bond donors (Lipinski definition) is 1. The second kappa shape index (κ2) is 4.96. The van der Waals surface area contributed by atoms with Crippen molar-refractivity contribution in [3.05, 3.63) is 58.9 Å². The third-order valence-electron chi connectivity index (χ3n) is 2.98. The minimum Gasteiger partial charge on any atom is -0.495 e. The highest BCUT2D eigenvalue weighted by Crippen LogP contribution is 2.32. The number of nitrogens with two attached hydrogens (primary N) is 1. The predicted molar refractivity (Wildman–Crippen MR) is 72.9 cm³/mol. The maximum atomic E-state index is 6.40. The van der Waals surface area contributed by atoms with Crippen LogP contribution in [-0.2, 0) is 5.54 Å². The highest BCUT2D eigenvalue weighted by molar-refractivity contribution is 6.31. The number of benzene rings is 1. The van der Waals surface area contributed by atoms with Crippen LogP contribution < -0.4 is 10.5 Å². The van der Waals surface area contributed by atoms with Crippen LogP contribution in [0.3, 0.4) is 0 Å². The standard InChI is InChI=1S/C14H15ClN2O/c1-14(16,12-5-3-4-6-13(12)15)10-7-11(18-2)9-17-8-10/h3-9H,16H2,1-2H3. The van der Waals surface area contributed by atoms with Crippen molar-refractivity contribution < 1.29 is 4.74 Å². The van der Waals surface area contributed by atoms with Gasteiger partial charge in [-0.15, -0.1) is 0 Å². The fraction of sp³-hybridized carbons (Fsp3) is 0.214. The van der Waals surface area contributed by atoms with Gasteiger partial charge in [0.15, 0.2) is 0 Å². The number of aromatic nitrogens is 1. The lowest BCUT2D eigenvalue weighted by atomic mass is 9.86. The first-order chi connectivity index (χ1) is 8.55. The Kier molecular flexibility index (Phi) is 3.55. The second-order valence-electron chi connectivity index (χ2n) is 4.30. The van der Waals surface area contributed by atoms with Crippen LogP contribution in [-0.4, -0.2) is 12.1 Å². The number of pyridine rings is 1. The largest absolute Gasteiger partial charge is 0.495 e. The van der Waals surface area contributed by atoms with Crippen molar-refractivity contribution in [2.75, 3.05) is 7.11 Å². The third kappa shape index (κ3) is 2.33. The number of hydrogen-bond acceptors (Lipinski definition) is 3. The molecule has 1 heterocycles. The van der Waals surface area contributed by atoms with Crippen LogP contribution in [0.1, 0.15) is 18.1 Å². The van der Waals surface area contributed by atoms with Crippen molar-refractivity contribution in [3.63, 3.8) is 0 Å². The Bertz CT molecular complexity index is 555. The summed E-state index contributed by atoms with van der Waals surface area (Å²) in [5.41, 5.74) is 7.41. The van der Waals surface area contributed by atoms with Gasteiger partial charge in [0.2, 0.25) is 0 Å². The Balaban J connectivity index is 2.50. The molecule has 0 fully saturated rings. The molecular weight excluding hydrogens is 248 g/mol. The topological polar surface area (TPSA) is 48.1 Å². The van der Waals surface area contributed by atoms with Crippen LogP contribution in [0.25, 0.3) is 0 Å². The summed E-state index contributed by atoms with van der Waals surface area (Å²) in [5.74, 6) is 0.677. The molecule has 2 N–H and O–H groups in total. The van der Waals surface area contributed by atoms with Gasteiger partial charge in [-0.05, 0) is 30.2 Å². The fourth-order valence-electron chi connectivity index (χ4n) is 1.85. The predicted octanol–water partition coefficient (Wildman–Crippen LogP) is 2.97. The zero-order valence-corrected chi connectivity index (χ0v) is 11.1. The van der Waals surface area contributed by atoms with Gasteiger partial charge in [0.25, 0.3) is 0 Å². The van der Waals surface area contributed by atoms with Gasteiger partial charge in [0.05, 0.1) is 18.8 Å². The van der Waals surface area contributed by atoms with Crippen molar-refractivity contribution in [3.8, 4) is 5.75 Å². The number of methoxy groups -OCH3 is 1. The molecule has 0 amide bonds. The van der Waals surface area contributed by atoms with Gasteiger partial charge in [-0.25, -0.2) is 0 Å². The van der Waals surface area contributed by atoms with E-state index in [1.807, 2.05) is 37.3 Å². The minimum absolute atomic E-state index is 0.644. The highest BCUT2D eigenvalue weighted by Gasteiger charge is 2.26. The molecule has 0 bridgehead atoms. The second-order valence-corrected chi connectivity index (χ2v) is 4.70. The Morgan fingerprint density at radius 1 is 1.28 bits per heavy atom. The quantitative estimate of drug-likeness (QED) is 0.925. The van der Waals surface area contributed by atoms with E-state index in [1.165, 1.54) is 0 Å². The van der Waals surface area contributed by atoms with E-state index in [2.05, 4.69) is 4.98 Å². The van der Waals surface area contributed by atoms with E-state index in [1.54, 1.807) is 19.5 Å². The molecule has 1 unspecified atom stereocenters. The Morgan fingerprint density at radius 3 is 2.67 bits per heavy atom. The first-order valence-electron chi connectivity index (χ1n) is 5.59. The molecule has 4 heteroatoms. The van der Waals surface area contributed by atoms with Gasteiger partial charge in [-0.3, -0.25) is 4.98 Å². The maximum absolute atomic E-state index is 6.40. The van der Waals surface area contributed by atoms with E-state index >= 15 is 0 Å². The maximum Gasteiger partial charge on any atom is 0.137 e. The molecule has 3 nitrogen and oxygen atoms in total. The first-order valence-corrected chi connectivity index (χ1v) is 5.97. The smallest absolute Gasteiger partial charge is 0.137 e. The van der Waals surface area contributed by atoms with Gasteiger partial charge >= 0.3 is 0 Å². The summed E-state index contributed by atoms with van der Waals surface area (Å²) in [5, 5.41) is 0.644. The highest BCUT2D eigenvalue weighted by atomic mass is 35.5. The van der Waals surface area contributed by atoms with Crippen LogP contribution in [0.5, 0.6) is 5.75 Å². The molecule has 2 aromatic rings. The van der Waals surface area contributed by atoms with E-state index in [0.29, 0.717) is 10.8 Å². The summed E-state index contributed by atoms with van der Waals surface area (Å²) in [7, 11) is 1.60. The number of nitrogens with zero attached hydrogens (tertiary/aromatic N) is 1. The lowest BCUT2D eigenvalue weighted by Gasteiger charge is -2.26. The van der Waals surface area contributed by atoms with E-state index < -0.39 is 5.54 Å². The SMILES string of the molecule is COc1cncc(C(C)(N)c2ccccc2Cl)c1. The summed E-state index contributed by atoms with van der Waals surface area (Å²) in [6, 6.07) is 9.42. The molecule has 1 atom stereocenters. The molecule has 0 saturated carbocycles. The Hall–Kier alpha value is -1.58. The molecular formula is C14H15ClN2O. The fourth-order valence-corrected chi connectivity index (χ4v) is 2.18. The summed E-state index contributed by atoms with van der Waals surface area (Å²) in [6.45, 7) is 1.91. The van der Waals surface area contributed by atoms with Crippen molar-refractivity contribution in [2.24, 2.45) is 5.73 Å². The van der Waals surface area contributed by atoms with E-state index in [0.717, 1.165) is 11.1 Å². The number of halogens is 1. The zero-order chi connectivity index (χ0) is 13.2. The minimum atomic E-state index is -0.708. The summed E-state index contributed by atoms with van der Waals surface area (Å²) in [6.07, 6.45) is 3.37. The molecule has 0 spiro atoms. The summed E-state index contributed by atoms with van der Waals surface area (Å²) in [4.78, 5) is 4.13. The van der Waals surface area contributed by atoms with Gasteiger partial charge in [0, 0.05) is 11.2 Å². The van der Waals surface area contributed by atoms with Crippen LogP contribution >= 0.6 is 11.6 Å². The molecule has 0 saturated heterocycles. The molecule has 0 aliphatic heterocycles.